The quantitative estimate of drug-likeness (QED) is 0.111. The van der Waals surface area contributed by atoms with E-state index in [1.807, 2.05) is 113 Å². The summed E-state index contributed by atoms with van der Waals surface area (Å²) < 4.78 is 0. The minimum Gasteiger partial charge on any atom is -0.324 e. The molecule has 5 N–H and O–H groups in total. The van der Waals surface area contributed by atoms with Gasteiger partial charge in [0, 0.05) is 44.2 Å². The van der Waals surface area contributed by atoms with Crippen LogP contribution in [0.25, 0.3) is 32.7 Å². The van der Waals surface area contributed by atoms with Gasteiger partial charge in [0.1, 0.15) is 40.8 Å². The fraction of sp³-hybridized carbons (Fsp3) is 0.260. The third-order valence-electron chi connectivity index (χ3n) is 10.8. The van der Waals surface area contributed by atoms with Gasteiger partial charge in [0.05, 0.1) is 23.1 Å². The van der Waals surface area contributed by atoms with E-state index < -0.39 is 0 Å². The van der Waals surface area contributed by atoms with Crippen LogP contribution in [0.4, 0.5) is 29.1 Å². The molecule has 0 saturated heterocycles. The SMILES string of the molecule is C.C.C.Cc1nc(C)c(C)c(NC2=NCc3ccccc32)n1.Cc1nc(Nc2n[nH]c3ccccc23)c2ccccc2n1.Cc1nc2c(c(Nc3n[nH]c4ccccc34)n1)CCCC2. The van der Waals surface area contributed by atoms with Crippen molar-refractivity contribution in [2.45, 2.75) is 89.1 Å². The van der Waals surface area contributed by atoms with Gasteiger partial charge in [-0.1, -0.05) is 82.9 Å². The molecular weight excluding hydrogens is 797 g/mol. The zero-order chi connectivity index (χ0) is 41.9. The van der Waals surface area contributed by atoms with E-state index in [-0.39, 0.29) is 22.3 Å². The van der Waals surface area contributed by atoms with Gasteiger partial charge in [0.25, 0.3) is 0 Å². The first-order valence-electron chi connectivity index (χ1n) is 20.5. The predicted molar refractivity (Wildman–Crippen MR) is 263 cm³/mol. The molecule has 1 aliphatic heterocycles. The number of fused-ring (bicyclic) bond motifs is 5. The van der Waals surface area contributed by atoms with Crippen molar-refractivity contribution in [1.29, 1.82) is 0 Å². The number of hydrogen-bond donors (Lipinski definition) is 5. The minimum atomic E-state index is 0. The summed E-state index contributed by atoms with van der Waals surface area (Å²) in [6, 6.07) is 32.3. The van der Waals surface area contributed by atoms with Crippen molar-refractivity contribution in [2.75, 3.05) is 16.0 Å². The molecule has 0 atom stereocenters. The number of nitrogens with zero attached hydrogens (tertiary/aromatic N) is 9. The van der Waals surface area contributed by atoms with E-state index in [4.69, 9.17) is 0 Å². The highest BCUT2D eigenvalue weighted by Gasteiger charge is 2.19. The van der Waals surface area contributed by atoms with Crippen molar-refractivity contribution in [2.24, 2.45) is 4.99 Å². The summed E-state index contributed by atoms with van der Waals surface area (Å²) in [5.74, 6) is 7.36. The Morgan fingerprint density at radius 2 is 1.03 bits per heavy atom. The van der Waals surface area contributed by atoms with Gasteiger partial charge < -0.3 is 16.0 Å². The van der Waals surface area contributed by atoms with Gasteiger partial charge in [0.2, 0.25) is 0 Å². The fourth-order valence-corrected chi connectivity index (χ4v) is 7.70. The molecule has 0 amide bonds. The standard InChI is InChI=1S/C16H17N5.C16H13N5.C15H16N4.3CH4/c2*1-10-17-13-8-4-2-6-11(13)15(18-10)19-16-12-7-3-5-9-14(12)20-21-16;1-9-10(2)17-11(3)18-14(9)19-15-13-7-5-4-6-12(13)8-16-15;;;/h3,5,7,9H,2,4,6,8H2,1H3,(H2,17,18,19,20,21);2-9H,1H3,(H2,17,18,19,20,21);4-7H,8H2,1-3H3,(H,16,17,18,19);3*1H4. The maximum atomic E-state index is 4.59. The lowest BCUT2D eigenvalue weighted by molar-refractivity contribution is 0.660. The number of anilines is 5. The molecule has 4 aromatic carbocycles. The lowest BCUT2D eigenvalue weighted by Crippen LogP contribution is -2.15. The number of benzene rings is 4. The van der Waals surface area contributed by atoms with E-state index in [1.165, 1.54) is 29.7 Å². The molecular formula is C50H58N14. The average Bonchev–Trinajstić information content (AvgIpc) is 4.00. The molecule has 328 valence electrons. The van der Waals surface area contributed by atoms with Gasteiger partial charge in [-0.05, 0) is 102 Å². The second-order valence-corrected chi connectivity index (χ2v) is 15.2. The summed E-state index contributed by atoms with van der Waals surface area (Å²) in [7, 11) is 0. The Hall–Kier alpha value is -7.61. The zero-order valence-electron chi connectivity index (χ0n) is 34.8. The monoisotopic (exact) mass is 854 g/mol. The number of H-pyrrole nitrogens is 2. The number of para-hydroxylation sites is 3. The molecule has 5 aromatic heterocycles. The molecule has 0 saturated carbocycles. The number of aryl methyl sites for hydroxylation is 5. The highest BCUT2D eigenvalue weighted by atomic mass is 15.2. The number of rotatable bonds is 5. The first-order valence-corrected chi connectivity index (χ1v) is 20.5. The summed E-state index contributed by atoms with van der Waals surface area (Å²) in [5, 5.41) is 27.9. The smallest absolute Gasteiger partial charge is 0.161 e. The third-order valence-corrected chi connectivity index (χ3v) is 10.8. The van der Waals surface area contributed by atoms with E-state index in [1.54, 1.807) is 0 Å². The van der Waals surface area contributed by atoms with Crippen LogP contribution in [0, 0.1) is 34.6 Å². The molecule has 0 fully saturated rings. The first kappa shape index (κ1) is 45.9. The molecule has 11 rings (SSSR count). The lowest BCUT2D eigenvalue weighted by Gasteiger charge is -2.18. The lowest BCUT2D eigenvalue weighted by atomic mass is 9.96. The maximum absolute atomic E-state index is 4.59. The van der Waals surface area contributed by atoms with Gasteiger partial charge in [-0.15, -0.1) is 0 Å². The van der Waals surface area contributed by atoms with Crippen molar-refractivity contribution in [3.05, 3.63) is 148 Å². The topological polar surface area (TPSA) is 183 Å². The molecule has 14 nitrogen and oxygen atoms in total. The van der Waals surface area contributed by atoms with Crippen LogP contribution in [0.3, 0.4) is 0 Å². The van der Waals surface area contributed by atoms with Crippen molar-refractivity contribution >= 4 is 67.6 Å². The van der Waals surface area contributed by atoms with Crippen molar-refractivity contribution in [3.63, 3.8) is 0 Å². The van der Waals surface area contributed by atoms with Crippen LogP contribution in [0.15, 0.2) is 102 Å². The van der Waals surface area contributed by atoms with Gasteiger partial charge in [0.15, 0.2) is 11.6 Å². The highest BCUT2D eigenvalue weighted by molar-refractivity contribution is 6.10. The van der Waals surface area contributed by atoms with Crippen LogP contribution in [0.1, 0.15) is 86.2 Å². The minimum absolute atomic E-state index is 0. The molecule has 0 radical (unpaired) electrons. The molecule has 1 aliphatic carbocycles. The Morgan fingerprint density at radius 1 is 0.484 bits per heavy atom. The fourth-order valence-electron chi connectivity index (χ4n) is 7.70. The molecule has 0 spiro atoms. The molecule has 64 heavy (non-hydrogen) atoms. The van der Waals surface area contributed by atoms with Gasteiger partial charge >= 0.3 is 0 Å². The van der Waals surface area contributed by atoms with E-state index in [0.717, 1.165) is 121 Å². The second kappa shape index (κ2) is 20.1. The molecule has 6 heterocycles. The van der Waals surface area contributed by atoms with E-state index in [2.05, 4.69) is 89.4 Å². The van der Waals surface area contributed by atoms with Crippen LogP contribution in [0.5, 0.6) is 0 Å². The van der Waals surface area contributed by atoms with E-state index >= 15 is 0 Å². The average molecular weight is 855 g/mol. The highest BCUT2D eigenvalue weighted by Crippen LogP contribution is 2.30. The number of hydrogen-bond acceptors (Lipinski definition) is 12. The normalized spacial score (nSPS) is 12.2. The van der Waals surface area contributed by atoms with Crippen LogP contribution in [-0.4, -0.2) is 56.1 Å². The second-order valence-electron chi connectivity index (χ2n) is 15.2. The number of nitrogens with one attached hydrogen (secondary N) is 5. The summed E-state index contributed by atoms with van der Waals surface area (Å²) in [5.41, 5.74) is 9.87. The maximum Gasteiger partial charge on any atom is 0.161 e. The third kappa shape index (κ3) is 9.71. The summed E-state index contributed by atoms with van der Waals surface area (Å²) in [4.78, 5) is 31.5. The summed E-state index contributed by atoms with van der Waals surface area (Å²) >= 11 is 0. The Balaban J connectivity index is 0.000000156. The molecule has 14 heteroatoms. The summed E-state index contributed by atoms with van der Waals surface area (Å²) in [6.45, 7) is 10.5. The van der Waals surface area contributed by atoms with Crippen LogP contribution in [0.2, 0.25) is 0 Å². The van der Waals surface area contributed by atoms with Crippen molar-refractivity contribution in [3.8, 4) is 0 Å². The van der Waals surface area contributed by atoms with Gasteiger partial charge in [-0.3, -0.25) is 15.2 Å². The molecule has 9 aromatic rings. The Labute approximate surface area is 375 Å². The van der Waals surface area contributed by atoms with E-state index in [9.17, 15) is 0 Å². The van der Waals surface area contributed by atoms with Crippen molar-refractivity contribution < 1.29 is 0 Å². The van der Waals surface area contributed by atoms with Crippen LogP contribution >= 0.6 is 0 Å². The molecule has 2 aliphatic rings. The largest absolute Gasteiger partial charge is 0.324 e. The van der Waals surface area contributed by atoms with E-state index in [0.29, 0.717) is 0 Å². The zero-order valence-corrected chi connectivity index (χ0v) is 34.8. The van der Waals surface area contributed by atoms with Crippen LogP contribution in [-0.2, 0) is 19.4 Å². The van der Waals surface area contributed by atoms with Gasteiger partial charge in [-0.2, -0.15) is 10.2 Å². The first-order chi connectivity index (χ1) is 29.8. The molecule has 0 unspecified atom stereocenters. The van der Waals surface area contributed by atoms with Gasteiger partial charge in [-0.25, -0.2) is 29.9 Å². The number of amidine groups is 1. The predicted octanol–water partition coefficient (Wildman–Crippen LogP) is 11.5. The van der Waals surface area contributed by atoms with Crippen molar-refractivity contribution in [1.82, 2.24) is 50.3 Å². The summed E-state index contributed by atoms with van der Waals surface area (Å²) in [6.07, 6.45) is 4.51. The number of aliphatic imine (C=N–C) groups is 1. The Bertz CT molecular complexity index is 3070. The van der Waals surface area contributed by atoms with Crippen LogP contribution < -0.4 is 16.0 Å². The Morgan fingerprint density at radius 3 is 1.75 bits per heavy atom. The number of aromatic amines is 2. The number of aromatic nitrogens is 10. The molecule has 0 bridgehead atoms. The Kier molecular flexibility index (Phi) is 14.4.